The number of fused-ring (bicyclic) bond motifs is 1. The summed E-state index contributed by atoms with van der Waals surface area (Å²) in [5.41, 5.74) is 1.13. The Hall–Kier alpha value is -0.870. The summed E-state index contributed by atoms with van der Waals surface area (Å²) in [6, 6.07) is 5.86. The first-order valence-electron chi connectivity index (χ1n) is 4.75. The molecule has 0 spiro atoms. The Bertz CT molecular complexity index is 511. The Labute approximate surface area is 96.8 Å². The summed E-state index contributed by atoms with van der Waals surface area (Å²) < 4.78 is 2.62. The molecule has 0 aliphatic carbocycles. The summed E-state index contributed by atoms with van der Waals surface area (Å²) in [5.74, 6) is 0. The van der Waals surface area contributed by atoms with Crippen LogP contribution in [0.15, 0.2) is 22.8 Å². The van der Waals surface area contributed by atoms with Crippen LogP contribution in [-0.4, -0.2) is 14.9 Å². The molecular formula is C11H13BrN2O. The van der Waals surface area contributed by atoms with Gasteiger partial charge in [-0.15, -0.1) is 0 Å². The van der Waals surface area contributed by atoms with Crippen LogP contribution in [0.4, 0.5) is 0 Å². The van der Waals surface area contributed by atoms with Gasteiger partial charge in [0.1, 0.15) is 4.60 Å². The average Bonchev–Trinajstić information content (AvgIpc) is 2.41. The van der Waals surface area contributed by atoms with Gasteiger partial charge >= 0.3 is 0 Å². The van der Waals surface area contributed by atoms with E-state index in [-0.39, 0.29) is 0 Å². The highest BCUT2D eigenvalue weighted by Crippen LogP contribution is 2.28. The highest BCUT2D eigenvalue weighted by Gasteiger charge is 2.17. The van der Waals surface area contributed by atoms with Crippen molar-refractivity contribution in [1.82, 2.24) is 9.78 Å². The van der Waals surface area contributed by atoms with E-state index in [1.54, 1.807) is 13.8 Å². The quantitative estimate of drug-likeness (QED) is 0.864. The van der Waals surface area contributed by atoms with Gasteiger partial charge in [-0.1, -0.05) is 6.07 Å². The topological polar surface area (TPSA) is 38.0 Å². The zero-order valence-electron chi connectivity index (χ0n) is 8.95. The number of halogens is 1. The fourth-order valence-electron chi connectivity index (χ4n) is 1.60. The molecule has 0 atom stereocenters. The molecule has 80 valence electrons. The molecule has 0 fully saturated rings. The second kappa shape index (κ2) is 3.32. The Morgan fingerprint density at radius 2 is 2.07 bits per heavy atom. The van der Waals surface area contributed by atoms with Crippen LogP contribution in [-0.2, 0) is 12.6 Å². The highest BCUT2D eigenvalue weighted by molar-refractivity contribution is 9.10. The van der Waals surface area contributed by atoms with Gasteiger partial charge in [-0.3, -0.25) is 4.68 Å². The minimum absolute atomic E-state index is 0.811. The van der Waals surface area contributed by atoms with Gasteiger partial charge in [-0.05, 0) is 47.5 Å². The zero-order chi connectivity index (χ0) is 11.2. The fraction of sp³-hybridized carbons (Fsp3) is 0.364. The van der Waals surface area contributed by atoms with E-state index in [2.05, 4.69) is 21.0 Å². The van der Waals surface area contributed by atoms with E-state index in [9.17, 15) is 5.11 Å². The third-order valence-corrected chi connectivity index (χ3v) is 3.10. The van der Waals surface area contributed by atoms with E-state index in [0.29, 0.717) is 0 Å². The summed E-state index contributed by atoms with van der Waals surface area (Å²) >= 11 is 3.41. The van der Waals surface area contributed by atoms with Gasteiger partial charge in [0, 0.05) is 12.4 Å². The third-order valence-electron chi connectivity index (χ3n) is 2.51. The molecule has 4 heteroatoms. The first kappa shape index (κ1) is 10.6. The van der Waals surface area contributed by atoms with Crippen LogP contribution in [0.3, 0.4) is 0 Å². The lowest BCUT2D eigenvalue weighted by Crippen LogP contribution is -2.15. The number of nitrogens with zero attached hydrogens (tertiary/aromatic N) is 2. The van der Waals surface area contributed by atoms with Crippen molar-refractivity contribution >= 4 is 26.8 Å². The monoisotopic (exact) mass is 268 g/mol. The minimum Gasteiger partial charge on any atom is -0.386 e. The second-order valence-electron chi connectivity index (χ2n) is 4.21. The Kier molecular flexibility index (Phi) is 2.35. The molecule has 0 saturated carbocycles. The van der Waals surface area contributed by atoms with Gasteiger partial charge in [0.25, 0.3) is 0 Å². The molecule has 2 rings (SSSR count). The molecule has 1 aromatic heterocycles. The molecule has 1 heterocycles. The number of aryl methyl sites for hydroxylation is 1. The van der Waals surface area contributed by atoms with Gasteiger partial charge < -0.3 is 5.11 Å². The number of aliphatic hydroxyl groups is 1. The summed E-state index contributed by atoms with van der Waals surface area (Å²) in [7, 11) is 1.90. The highest BCUT2D eigenvalue weighted by atomic mass is 79.9. The van der Waals surface area contributed by atoms with E-state index >= 15 is 0 Å². The van der Waals surface area contributed by atoms with E-state index in [1.807, 2.05) is 29.9 Å². The molecule has 2 aromatic rings. The molecule has 0 unspecified atom stereocenters. The molecule has 15 heavy (non-hydrogen) atoms. The first-order valence-corrected chi connectivity index (χ1v) is 5.54. The number of rotatable bonds is 1. The Morgan fingerprint density at radius 1 is 1.40 bits per heavy atom. The van der Waals surface area contributed by atoms with Crippen LogP contribution in [0.1, 0.15) is 19.4 Å². The minimum atomic E-state index is -0.816. The van der Waals surface area contributed by atoms with Crippen LogP contribution in [0, 0.1) is 0 Å². The first-order chi connectivity index (χ1) is 6.89. The van der Waals surface area contributed by atoms with Crippen LogP contribution < -0.4 is 0 Å². The van der Waals surface area contributed by atoms with Gasteiger partial charge in [0.05, 0.1) is 11.1 Å². The predicted octanol–water partition coefficient (Wildman–Crippen LogP) is 2.56. The van der Waals surface area contributed by atoms with Gasteiger partial charge in [0.15, 0.2) is 0 Å². The largest absolute Gasteiger partial charge is 0.386 e. The number of aromatic nitrogens is 2. The molecule has 0 aliphatic heterocycles. The average molecular weight is 269 g/mol. The molecule has 1 N–H and O–H groups in total. The van der Waals surface area contributed by atoms with E-state index in [0.717, 1.165) is 21.1 Å². The van der Waals surface area contributed by atoms with Crippen molar-refractivity contribution < 1.29 is 5.11 Å². The number of hydrogen-bond acceptors (Lipinski definition) is 2. The van der Waals surface area contributed by atoms with Crippen molar-refractivity contribution in [3.8, 4) is 0 Å². The summed E-state index contributed by atoms with van der Waals surface area (Å²) in [5, 5.41) is 15.2. The fourth-order valence-corrected chi connectivity index (χ4v) is 2.16. The van der Waals surface area contributed by atoms with Crippen LogP contribution in [0.5, 0.6) is 0 Å². The van der Waals surface area contributed by atoms with Crippen molar-refractivity contribution in [1.29, 1.82) is 0 Å². The SMILES string of the molecule is Cn1nc(Br)c2cc(C(C)(C)O)ccc21. The van der Waals surface area contributed by atoms with Crippen LogP contribution in [0.25, 0.3) is 10.9 Å². The maximum absolute atomic E-state index is 9.90. The van der Waals surface area contributed by atoms with Crippen molar-refractivity contribution in [2.75, 3.05) is 0 Å². The molecular weight excluding hydrogens is 256 g/mol. The van der Waals surface area contributed by atoms with Crippen molar-refractivity contribution in [2.45, 2.75) is 19.4 Å². The lowest BCUT2D eigenvalue weighted by Gasteiger charge is -2.17. The summed E-state index contributed by atoms with van der Waals surface area (Å²) in [4.78, 5) is 0. The molecule has 1 aromatic carbocycles. The van der Waals surface area contributed by atoms with Gasteiger partial charge in [0.2, 0.25) is 0 Å². The zero-order valence-corrected chi connectivity index (χ0v) is 10.5. The molecule has 0 amide bonds. The standard InChI is InChI=1S/C11H13BrN2O/c1-11(2,15)7-4-5-9-8(6-7)10(12)13-14(9)3/h4-6,15H,1-3H3. The third kappa shape index (κ3) is 1.79. The lowest BCUT2D eigenvalue weighted by molar-refractivity contribution is 0.0787. The molecule has 3 nitrogen and oxygen atoms in total. The van der Waals surface area contributed by atoms with Gasteiger partial charge in [-0.2, -0.15) is 5.10 Å². The maximum atomic E-state index is 9.90. The molecule has 0 aliphatic rings. The lowest BCUT2D eigenvalue weighted by atomic mass is 9.97. The van der Waals surface area contributed by atoms with Crippen LogP contribution >= 0.6 is 15.9 Å². The maximum Gasteiger partial charge on any atom is 0.135 e. The molecule has 0 bridgehead atoms. The Balaban J connectivity index is 2.71. The molecule has 0 radical (unpaired) electrons. The van der Waals surface area contributed by atoms with Crippen molar-refractivity contribution in [3.05, 3.63) is 28.4 Å². The summed E-state index contributed by atoms with van der Waals surface area (Å²) in [6.07, 6.45) is 0. The van der Waals surface area contributed by atoms with Crippen molar-refractivity contribution in [3.63, 3.8) is 0 Å². The van der Waals surface area contributed by atoms with Gasteiger partial charge in [-0.25, -0.2) is 0 Å². The van der Waals surface area contributed by atoms with Crippen LogP contribution in [0.2, 0.25) is 0 Å². The van der Waals surface area contributed by atoms with E-state index in [4.69, 9.17) is 0 Å². The number of benzene rings is 1. The summed E-state index contributed by atoms with van der Waals surface area (Å²) in [6.45, 7) is 3.55. The van der Waals surface area contributed by atoms with E-state index in [1.165, 1.54) is 0 Å². The number of hydrogen-bond donors (Lipinski definition) is 1. The second-order valence-corrected chi connectivity index (χ2v) is 4.96. The normalized spacial score (nSPS) is 12.3. The smallest absolute Gasteiger partial charge is 0.135 e. The van der Waals surface area contributed by atoms with Crippen molar-refractivity contribution in [2.24, 2.45) is 7.05 Å². The predicted molar refractivity (Wildman–Crippen MR) is 63.7 cm³/mol. The molecule has 0 saturated heterocycles. The van der Waals surface area contributed by atoms with E-state index < -0.39 is 5.60 Å². The Morgan fingerprint density at radius 3 is 2.67 bits per heavy atom.